The minimum Gasteiger partial charge on any atom is -0.487 e. The summed E-state index contributed by atoms with van der Waals surface area (Å²) in [5.41, 5.74) is 11.1. The summed E-state index contributed by atoms with van der Waals surface area (Å²) >= 11 is 0. The summed E-state index contributed by atoms with van der Waals surface area (Å²) in [5.74, 6) is 3.88. The summed E-state index contributed by atoms with van der Waals surface area (Å²) in [6.07, 6.45) is 77.4. The number of hydrogen-bond donors (Lipinski definition) is 2. The van der Waals surface area contributed by atoms with Gasteiger partial charge in [-0.15, -0.1) is 0 Å². The molecule has 24 heteroatoms. The number of nitrogens with zero attached hydrogens (tertiary/aromatic N) is 6. The van der Waals surface area contributed by atoms with Gasteiger partial charge in [-0.1, -0.05) is 362 Å². The second-order valence-corrected chi connectivity index (χ2v) is 41.3. The van der Waals surface area contributed by atoms with Gasteiger partial charge in [0, 0.05) is 72.2 Å². The highest BCUT2D eigenvalue weighted by atomic mass is 16.6. The minimum absolute atomic E-state index is 0.201. The number of aromatic amines is 2. The highest BCUT2D eigenvalue weighted by Gasteiger charge is 2.29. The molecule has 148 heavy (non-hydrogen) atoms. The third-order valence-electron chi connectivity index (χ3n) is 29.0. The summed E-state index contributed by atoms with van der Waals surface area (Å²) in [6.45, 7) is 18.3. The van der Waals surface area contributed by atoms with Crippen molar-refractivity contribution < 1.29 is 75.8 Å². The van der Waals surface area contributed by atoms with Gasteiger partial charge >= 0.3 is 0 Å². The lowest BCUT2D eigenvalue weighted by Gasteiger charge is -2.15. The van der Waals surface area contributed by atoms with Gasteiger partial charge in [-0.05, 0) is 122 Å². The molecule has 7 aromatic rings. The van der Waals surface area contributed by atoms with Crippen LogP contribution in [0, 0.1) is 0 Å². The molecule has 3 aromatic heterocycles. The molecule has 8 bridgehead atoms. The van der Waals surface area contributed by atoms with Crippen molar-refractivity contribution in [2.45, 2.75) is 413 Å². The van der Waals surface area contributed by atoms with Crippen LogP contribution in [-0.2, 0) is 82.5 Å². The van der Waals surface area contributed by atoms with Gasteiger partial charge in [0.15, 0.2) is 46.3 Å². The number of aromatic nitrogens is 8. The van der Waals surface area contributed by atoms with E-state index in [1.807, 2.05) is 24.3 Å². The Bertz CT molecular complexity index is 4350. The largest absolute Gasteiger partial charge is 0.487 e. The van der Waals surface area contributed by atoms with E-state index < -0.39 is 0 Å². The maximum atomic E-state index is 6.83. The first-order chi connectivity index (χ1) is 73.3. The second kappa shape index (κ2) is 82.5. The van der Waals surface area contributed by atoms with E-state index in [1.165, 1.54) is 356 Å². The van der Waals surface area contributed by atoms with E-state index in [-0.39, 0.29) is 52.9 Å². The van der Waals surface area contributed by atoms with Crippen LogP contribution in [-0.4, -0.2) is 227 Å². The fraction of sp³-hybridized carbons (Fsp3) is 0.742. The first-order valence-corrected chi connectivity index (χ1v) is 59.9. The van der Waals surface area contributed by atoms with E-state index in [0.717, 1.165) is 78.7 Å². The quantitative estimate of drug-likeness (QED) is 0.0336. The van der Waals surface area contributed by atoms with Gasteiger partial charge in [0.1, 0.15) is 49.0 Å². The van der Waals surface area contributed by atoms with E-state index in [9.17, 15) is 0 Å². The lowest BCUT2D eigenvalue weighted by Crippen LogP contribution is -2.14. The number of aryl methyl sites for hydroxylation is 4. The number of rotatable bonds is 100. The molecule has 834 valence electrons. The Hall–Kier alpha value is -7.04. The van der Waals surface area contributed by atoms with Crippen LogP contribution >= 0.6 is 0 Å². The lowest BCUT2D eigenvalue weighted by atomic mass is 9.91. The minimum atomic E-state index is 0.201. The molecule has 0 fully saturated rings. The van der Waals surface area contributed by atoms with Crippen molar-refractivity contribution in [1.82, 2.24) is 39.9 Å². The van der Waals surface area contributed by atoms with Gasteiger partial charge in [-0.2, -0.15) is 0 Å². The molecule has 0 spiro atoms. The third-order valence-corrected chi connectivity index (χ3v) is 29.0. The van der Waals surface area contributed by atoms with Crippen molar-refractivity contribution in [2.24, 2.45) is 0 Å². The lowest BCUT2D eigenvalue weighted by molar-refractivity contribution is 0.0160. The number of hydrogen-bond acceptors (Lipinski definition) is 22. The maximum absolute atomic E-state index is 6.83. The summed E-state index contributed by atoms with van der Waals surface area (Å²) < 4.78 is 95.8. The van der Waals surface area contributed by atoms with Crippen molar-refractivity contribution >= 4 is 44.1 Å². The fourth-order valence-corrected chi connectivity index (χ4v) is 20.2. The number of benzene rings is 4. The number of fused-ring (bicyclic) bond motifs is 20. The molecule has 9 rings (SSSR count). The summed E-state index contributed by atoms with van der Waals surface area (Å²) in [4.78, 5) is 42.5. The molecule has 4 aromatic carbocycles. The molecular weight excluding hydrogens is 1860 g/mol. The van der Waals surface area contributed by atoms with Gasteiger partial charge in [-0.3, -0.25) is 0 Å². The van der Waals surface area contributed by atoms with Crippen molar-refractivity contribution in [3.63, 3.8) is 0 Å². The van der Waals surface area contributed by atoms with Crippen molar-refractivity contribution in [2.75, 3.05) is 187 Å². The van der Waals surface area contributed by atoms with Crippen LogP contribution in [0.4, 0.5) is 0 Å². The Labute approximate surface area is 893 Å². The van der Waals surface area contributed by atoms with E-state index in [1.54, 1.807) is 28.4 Å². The highest BCUT2D eigenvalue weighted by molar-refractivity contribution is 6.08. The summed E-state index contributed by atoms with van der Waals surface area (Å²) in [5, 5.41) is 3.40. The van der Waals surface area contributed by atoms with Crippen LogP contribution < -0.4 is 18.9 Å². The van der Waals surface area contributed by atoms with E-state index >= 15 is 0 Å². The summed E-state index contributed by atoms with van der Waals surface area (Å²) in [7, 11) is 6.68. The van der Waals surface area contributed by atoms with Gasteiger partial charge in [0.05, 0.1) is 132 Å². The third kappa shape index (κ3) is 50.5. The first kappa shape index (κ1) is 124. The molecular formula is C124H202N8O16. The average molecular weight is 2060 g/mol. The topological polar surface area (TPSA) is 257 Å². The van der Waals surface area contributed by atoms with Crippen LogP contribution in [0.3, 0.4) is 0 Å². The van der Waals surface area contributed by atoms with E-state index in [0.29, 0.717) is 191 Å². The molecule has 2 aliphatic rings. The Morgan fingerprint density at radius 1 is 0.169 bits per heavy atom. The molecule has 0 amide bonds. The average Bonchev–Trinajstić information content (AvgIpc) is 1.58. The maximum Gasteiger partial charge on any atom is 0.164 e. The molecule has 24 nitrogen and oxygen atoms in total. The van der Waals surface area contributed by atoms with E-state index in [4.69, 9.17) is 106 Å². The smallest absolute Gasteiger partial charge is 0.164 e. The van der Waals surface area contributed by atoms with Crippen LogP contribution in [0.5, 0.6) is 23.0 Å². The Kier molecular flexibility index (Phi) is 69.4. The van der Waals surface area contributed by atoms with Crippen LogP contribution in [0.15, 0.2) is 48.5 Å². The molecule has 5 heterocycles. The normalized spacial score (nSPS) is 11.9. The van der Waals surface area contributed by atoms with Gasteiger partial charge < -0.3 is 85.8 Å². The SMILES string of the molecule is CCCCCCCCCCCCCCCCc1cc2c(cc1CCCCCCCCCCCCCCCC)-c1nc-2nc2[nH]c(nc3nc(nc4[nH]c(n1)c1cc(OCCOCCOCCOC)c(OCCOCCOCCOC)cc41)-c1cc(OCCOCCOCCOC)c(OCCOCCOCCOC)cc1-3)c1cc(CCCCCCCCCCCCCCCC)c(CCCCCCCCCCCCCCCC)cc21. The van der Waals surface area contributed by atoms with Crippen molar-refractivity contribution in [3.8, 4) is 68.5 Å². The number of H-pyrrole nitrogens is 2. The van der Waals surface area contributed by atoms with Crippen molar-refractivity contribution in [1.29, 1.82) is 0 Å². The Balaban J connectivity index is 1.22. The number of nitrogens with one attached hydrogen (secondary N) is 2. The fourth-order valence-electron chi connectivity index (χ4n) is 20.2. The molecule has 2 N–H and O–H groups in total. The predicted octanol–water partition coefficient (Wildman–Crippen LogP) is 31.2. The molecule has 0 unspecified atom stereocenters. The zero-order valence-electron chi connectivity index (χ0n) is 94.2. The molecule has 0 atom stereocenters. The summed E-state index contributed by atoms with van der Waals surface area (Å²) in [6, 6.07) is 17.8. The number of methoxy groups -OCH3 is 4. The van der Waals surface area contributed by atoms with E-state index in [2.05, 4.69) is 61.9 Å². The second-order valence-electron chi connectivity index (χ2n) is 41.3. The number of unbranched alkanes of at least 4 members (excludes halogenated alkanes) is 52. The molecule has 0 radical (unpaired) electrons. The number of ether oxygens (including phenoxy) is 16. The van der Waals surface area contributed by atoms with Gasteiger partial charge in [0.25, 0.3) is 0 Å². The first-order valence-electron chi connectivity index (χ1n) is 59.9. The van der Waals surface area contributed by atoms with Crippen molar-refractivity contribution in [3.05, 3.63) is 70.8 Å². The monoisotopic (exact) mass is 2060 g/mol. The Morgan fingerprint density at radius 3 is 0.534 bits per heavy atom. The van der Waals surface area contributed by atoms with Crippen LogP contribution in [0.1, 0.15) is 410 Å². The molecule has 0 aliphatic carbocycles. The van der Waals surface area contributed by atoms with Crippen LogP contribution in [0.2, 0.25) is 0 Å². The molecule has 0 saturated carbocycles. The Morgan fingerprint density at radius 2 is 0.331 bits per heavy atom. The molecule has 2 aliphatic heterocycles. The highest BCUT2D eigenvalue weighted by Crippen LogP contribution is 2.45. The zero-order chi connectivity index (χ0) is 104. The standard InChI is InChI=1S/C124H202N8O16/c1-9-13-17-21-25-29-33-37-41-45-49-53-57-61-65-101-93-105-107(95-103(101)67-63-59-55-51-47-43-39-35-31-27-23-19-15-11-3)119-126-117(105)125-118-106-94-102(66-62-58-54-50-46-42-38-34-30-26-22-18-14-10-2)104(68-64-60-56-52-48-44-40-36-32-28-24-20-16-12-4)96-108(106)120(127-118)129-122-110-98-114(146-90-86-142-82-78-138-74-70-134-6)116(148-92-88-144-84-80-140-76-72-136-8)100-112(110)124(131-122)132-123-111-99-115(147-91-87-143-83-79-139-75-71-135-7)113(97-109(111)121(128-119)130-123)145-89-85-141-81-77-137-73-69-133-5/h93-100H,9-92H2,1-8H3,(H2,125,126,127,128,129,130,131,132). The van der Waals surface area contributed by atoms with Gasteiger partial charge in [0.2, 0.25) is 0 Å². The zero-order valence-corrected chi connectivity index (χ0v) is 94.2. The molecule has 0 saturated heterocycles. The predicted molar refractivity (Wildman–Crippen MR) is 608 cm³/mol. The van der Waals surface area contributed by atoms with Gasteiger partial charge in [-0.25, -0.2) is 29.9 Å². The van der Waals surface area contributed by atoms with Crippen LogP contribution in [0.25, 0.3) is 89.7 Å².